The number of ether oxygens (including phenoxy) is 1. The van der Waals surface area contributed by atoms with Gasteiger partial charge in [0.1, 0.15) is 18.3 Å². The fraction of sp³-hybridized carbons (Fsp3) is 0.556. The number of aromatic nitrogens is 2. The minimum Gasteiger partial charge on any atom is -0.594 e. The fourth-order valence-electron chi connectivity index (χ4n) is 1.72. The maximum absolute atomic E-state index is 11.3. The van der Waals surface area contributed by atoms with E-state index in [0.717, 1.165) is 0 Å². The van der Waals surface area contributed by atoms with Gasteiger partial charge in [-0.2, -0.15) is 0 Å². The molecule has 0 saturated carbocycles. The monoisotopic (exact) mass is 228 g/mol. The first-order valence-electron chi connectivity index (χ1n) is 4.82. The average Bonchev–Trinajstić information content (AvgIpc) is 2.57. The molecule has 1 saturated heterocycles. The summed E-state index contributed by atoms with van der Waals surface area (Å²) in [7, 11) is 0. The van der Waals surface area contributed by atoms with E-state index in [1.54, 1.807) is 0 Å². The van der Waals surface area contributed by atoms with Crippen molar-refractivity contribution in [3.05, 3.63) is 29.2 Å². The van der Waals surface area contributed by atoms with Crippen LogP contribution in [0, 0.1) is 5.21 Å². The molecule has 2 rings (SSSR count). The minimum absolute atomic E-state index is 0.102. The number of aliphatic hydroxyl groups is 3. The summed E-state index contributed by atoms with van der Waals surface area (Å²) in [5.74, 6) is 0. The Bertz CT molecular complexity index is 375. The Morgan fingerprint density at radius 3 is 2.75 bits per heavy atom. The highest BCUT2D eigenvalue weighted by molar-refractivity contribution is 5.06. The predicted octanol–water partition coefficient (Wildman–Crippen LogP) is -2.13. The molecule has 2 heterocycles. The van der Waals surface area contributed by atoms with E-state index in [1.807, 2.05) is 0 Å². The highest BCUT2D eigenvalue weighted by atomic mass is 16.6. The Morgan fingerprint density at radius 2 is 2.19 bits per heavy atom. The molecule has 0 radical (unpaired) electrons. The van der Waals surface area contributed by atoms with E-state index in [-0.39, 0.29) is 5.69 Å². The van der Waals surface area contributed by atoms with Crippen LogP contribution >= 0.6 is 0 Å². The van der Waals surface area contributed by atoms with Gasteiger partial charge in [0, 0.05) is 11.2 Å². The van der Waals surface area contributed by atoms with Crippen molar-refractivity contribution in [2.45, 2.75) is 24.4 Å². The second-order valence-electron chi connectivity index (χ2n) is 3.58. The maximum Gasteiger partial charge on any atom is 0.253 e. The van der Waals surface area contributed by atoms with Crippen molar-refractivity contribution in [2.24, 2.45) is 0 Å². The molecule has 4 atom stereocenters. The summed E-state index contributed by atoms with van der Waals surface area (Å²) in [6.45, 7) is -0.423. The molecule has 1 aromatic rings. The van der Waals surface area contributed by atoms with Crippen LogP contribution in [0.3, 0.4) is 0 Å². The summed E-state index contributed by atoms with van der Waals surface area (Å²) in [4.78, 5) is 0.320. The Morgan fingerprint density at radius 1 is 1.44 bits per heavy atom. The van der Waals surface area contributed by atoms with Crippen LogP contribution in [0.15, 0.2) is 18.3 Å². The maximum atomic E-state index is 11.3. The van der Waals surface area contributed by atoms with E-state index in [2.05, 4.69) is 5.10 Å². The molecule has 16 heavy (non-hydrogen) atoms. The van der Waals surface area contributed by atoms with Crippen LogP contribution in [0.4, 0.5) is 0 Å². The van der Waals surface area contributed by atoms with E-state index < -0.39 is 31.0 Å². The average molecular weight is 228 g/mol. The van der Waals surface area contributed by atoms with Crippen LogP contribution in [0.2, 0.25) is 0 Å². The summed E-state index contributed by atoms with van der Waals surface area (Å²) in [5, 5.41) is 42.9. The zero-order valence-corrected chi connectivity index (χ0v) is 8.30. The molecule has 0 bridgehead atoms. The quantitative estimate of drug-likeness (QED) is 0.394. The summed E-state index contributed by atoms with van der Waals surface area (Å²) in [6.07, 6.45) is -3.02. The van der Waals surface area contributed by atoms with Crippen molar-refractivity contribution in [1.82, 2.24) is 5.10 Å². The van der Waals surface area contributed by atoms with Gasteiger partial charge in [0.15, 0.2) is 6.10 Å². The van der Waals surface area contributed by atoms with E-state index in [0.29, 0.717) is 4.85 Å². The minimum atomic E-state index is -1.25. The number of rotatable bonds is 2. The highest BCUT2D eigenvalue weighted by Crippen LogP contribution is 2.31. The van der Waals surface area contributed by atoms with Crippen molar-refractivity contribution >= 4 is 0 Å². The lowest BCUT2D eigenvalue weighted by atomic mass is 10.1. The van der Waals surface area contributed by atoms with Gasteiger partial charge in [0.05, 0.1) is 12.8 Å². The third kappa shape index (κ3) is 1.74. The molecule has 3 N–H and O–H groups in total. The molecule has 0 aliphatic carbocycles. The van der Waals surface area contributed by atoms with Crippen molar-refractivity contribution in [3.63, 3.8) is 0 Å². The van der Waals surface area contributed by atoms with Crippen LogP contribution in [0.25, 0.3) is 0 Å². The van der Waals surface area contributed by atoms with Crippen molar-refractivity contribution in [2.75, 3.05) is 6.61 Å². The van der Waals surface area contributed by atoms with Gasteiger partial charge in [-0.15, -0.1) is 0 Å². The first-order chi connectivity index (χ1) is 7.65. The lowest BCUT2D eigenvalue weighted by Crippen LogP contribution is -2.40. The molecular formula is C9H12N2O5. The van der Waals surface area contributed by atoms with Gasteiger partial charge in [-0.25, -0.2) is 0 Å². The van der Waals surface area contributed by atoms with Crippen LogP contribution < -0.4 is 4.85 Å². The Balaban J connectivity index is 2.26. The molecule has 0 aromatic carbocycles. The van der Waals surface area contributed by atoms with Gasteiger partial charge in [0.2, 0.25) is 0 Å². The second kappa shape index (κ2) is 4.30. The molecule has 88 valence electrons. The summed E-state index contributed by atoms with van der Waals surface area (Å²) < 4.78 is 5.19. The molecule has 1 fully saturated rings. The first kappa shape index (κ1) is 11.2. The molecule has 1 aromatic heterocycles. The third-order valence-electron chi connectivity index (χ3n) is 2.58. The van der Waals surface area contributed by atoms with E-state index >= 15 is 0 Å². The molecule has 1 aliphatic rings. The zero-order valence-electron chi connectivity index (χ0n) is 8.30. The smallest absolute Gasteiger partial charge is 0.253 e. The van der Waals surface area contributed by atoms with E-state index in [1.165, 1.54) is 18.3 Å². The highest BCUT2D eigenvalue weighted by Gasteiger charge is 2.46. The molecule has 1 aliphatic heterocycles. The SMILES string of the molecule is [O-][n+]1ncccc1[C@H]1O[C@@H](CO)[C@H](O)[C@@H]1O. The largest absolute Gasteiger partial charge is 0.594 e. The van der Waals surface area contributed by atoms with Crippen LogP contribution in [0.1, 0.15) is 11.8 Å². The summed E-state index contributed by atoms with van der Waals surface area (Å²) >= 11 is 0. The lowest BCUT2D eigenvalue weighted by Gasteiger charge is -2.12. The van der Waals surface area contributed by atoms with Crippen molar-refractivity contribution in [1.29, 1.82) is 0 Å². The van der Waals surface area contributed by atoms with Crippen LogP contribution in [-0.2, 0) is 4.74 Å². The van der Waals surface area contributed by atoms with Gasteiger partial charge >= 0.3 is 0 Å². The van der Waals surface area contributed by atoms with Gasteiger partial charge < -0.3 is 25.3 Å². The summed E-state index contributed by atoms with van der Waals surface area (Å²) in [5.41, 5.74) is 0.102. The number of hydrogen-bond donors (Lipinski definition) is 3. The molecule has 7 heteroatoms. The molecule has 7 nitrogen and oxygen atoms in total. The van der Waals surface area contributed by atoms with E-state index in [4.69, 9.17) is 9.84 Å². The number of nitrogens with zero attached hydrogens (tertiary/aromatic N) is 2. The third-order valence-corrected chi connectivity index (χ3v) is 2.58. The van der Waals surface area contributed by atoms with Crippen LogP contribution in [-0.4, -0.2) is 45.3 Å². The number of hydrogen-bond acceptors (Lipinski definition) is 6. The molecule has 0 unspecified atom stereocenters. The lowest BCUT2D eigenvalue weighted by molar-refractivity contribution is -0.681. The summed E-state index contributed by atoms with van der Waals surface area (Å²) in [6, 6.07) is 2.97. The van der Waals surface area contributed by atoms with Crippen molar-refractivity contribution in [3.8, 4) is 0 Å². The molecule has 0 spiro atoms. The Kier molecular flexibility index (Phi) is 3.01. The normalized spacial score (nSPS) is 34.2. The van der Waals surface area contributed by atoms with Gasteiger partial charge in [-0.05, 0) is 6.07 Å². The predicted molar refractivity (Wildman–Crippen MR) is 49.9 cm³/mol. The van der Waals surface area contributed by atoms with Crippen molar-refractivity contribution < 1.29 is 24.9 Å². The first-order valence-corrected chi connectivity index (χ1v) is 4.82. The standard InChI is InChI=1S/C9H12N2O5/c12-4-6-7(13)8(14)9(16-6)5-2-1-3-10-11(5)15/h1-3,6-9,12-14H,4H2/t6-,7-,8-,9+/m0/s1. The van der Waals surface area contributed by atoms with Gasteiger partial charge in [0.25, 0.3) is 5.69 Å². The Labute approximate surface area is 91.1 Å². The Hall–Kier alpha value is -1.28. The van der Waals surface area contributed by atoms with Crippen LogP contribution in [0.5, 0.6) is 0 Å². The van der Waals surface area contributed by atoms with E-state index in [9.17, 15) is 15.4 Å². The molecule has 0 amide bonds. The van der Waals surface area contributed by atoms with Gasteiger partial charge in [-0.1, -0.05) is 4.85 Å². The number of aliphatic hydroxyl groups excluding tert-OH is 3. The molecular weight excluding hydrogens is 216 g/mol. The topological polar surface area (TPSA) is 110 Å². The second-order valence-corrected chi connectivity index (χ2v) is 3.58. The van der Waals surface area contributed by atoms with Gasteiger partial charge in [-0.3, -0.25) is 0 Å². The zero-order chi connectivity index (χ0) is 11.7. The fourth-order valence-corrected chi connectivity index (χ4v) is 1.72.